The topological polar surface area (TPSA) is 77.2 Å². The molecule has 7 heteroatoms. The van der Waals surface area contributed by atoms with Crippen LogP contribution in [0.4, 0.5) is 0 Å². The van der Waals surface area contributed by atoms with Crippen LogP contribution in [-0.4, -0.2) is 41.1 Å². The van der Waals surface area contributed by atoms with Gasteiger partial charge in [-0.3, -0.25) is 4.79 Å². The lowest BCUT2D eigenvalue weighted by atomic mass is 10.2. The minimum Gasteiger partial charge on any atom is -0.416 e. The van der Waals surface area contributed by atoms with Gasteiger partial charge in [-0.2, -0.15) is 0 Å². The number of thioether (sulfide) groups is 1. The molecular weight excluding hydrogens is 242 g/mol. The van der Waals surface area contributed by atoms with Crippen LogP contribution < -0.4 is 5.32 Å². The van der Waals surface area contributed by atoms with Crippen LogP contribution >= 0.6 is 11.8 Å². The number of carbonyl (C=O) groups excluding carboxylic acids is 1. The van der Waals surface area contributed by atoms with Crippen LogP contribution in [0.25, 0.3) is 0 Å². The van der Waals surface area contributed by atoms with Crippen molar-refractivity contribution in [2.45, 2.75) is 31.1 Å². The molecule has 6 nitrogen and oxygen atoms in total. The molecule has 2 heterocycles. The lowest BCUT2D eigenvalue weighted by molar-refractivity contribution is -0.119. The standard InChI is InChI=1S/C10H15N3O3S/c1-7-12-13-10(16-7)17-6-9(14)11-5-8-3-2-4-15-8/h8H,2-6H2,1H3,(H,11,14)/t8-/m0/s1. The first-order valence-electron chi connectivity index (χ1n) is 5.55. The van der Waals surface area contributed by atoms with Gasteiger partial charge in [0.05, 0.1) is 11.9 Å². The number of nitrogens with zero attached hydrogens (tertiary/aromatic N) is 2. The Morgan fingerprint density at radius 1 is 1.59 bits per heavy atom. The smallest absolute Gasteiger partial charge is 0.277 e. The third-order valence-corrected chi connectivity index (χ3v) is 3.20. The average Bonchev–Trinajstić information content (AvgIpc) is 2.95. The van der Waals surface area contributed by atoms with Crippen LogP contribution in [0.3, 0.4) is 0 Å². The highest BCUT2D eigenvalue weighted by molar-refractivity contribution is 7.99. The summed E-state index contributed by atoms with van der Waals surface area (Å²) < 4.78 is 10.6. The van der Waals surface area contributed by atoms with E-state index in [0.717, 1.165) is 19.4 Å². The molecule has 1 fully saturated rings. The highest BCUT2D eigenvalue weighted by Gasteiger charge is 2.16. The second kappa shape index (κ2) is 6.02. The van der Waals surface area contributed by atoms with Crippen molar-refractivity contribution in [1.29, 1.82) is 0 Å². The van der Waals surface area contributed by atoms with Gasteiger partial charge in [-0.15, -0.1) is 10.2 Å². The summed E-state index contributed by atoms with van der Waals surface area (Å²) in [4.78, 5) is 11.5. The fourth-order valence-electron chi connectivity index (χ4n) is 1.55. The van der Waals surface area contributed by atoms with Gasteiger partial charge < -0.3 is 14.5 Å². The highest BCUT2D eigenvalue weighted by atomic mass is 32.2. The summed E-state index contributed by atoms with van der Waals surface area (Å²) in [5.74, 6) is 0.752. The molecule has 0 spiro atoms. The Hall–Kier alpha value is -1.08. The Balaban J connectivity index is 1.63. The van der Waals surface area contributed by atoms with E-state index in [1.807, 2.05) is 0 Å². The molecule has 0 radical (unpaired) electrons. The molecule has 1 amide bonds. The zero-order valence-electron chi connectivity index (χ0n) is 9.64. The first kappa shape index (κ1) is 12.4. The van der Waals surface area contributed by atoms with Gasteiger partial charge in [-0.05, 0) is 12.8 Å². The zero-order valence-corrected chi connectivity index (χ0v) is 10.5. The lowest BCUT2D eigenvalue weighted by Crippen LogP contribution is -2.32. The number of amides is 1. The van der Waals surface area contributed by atoms with Crippen molar-refractivity contribution in [1.82, 2.24) is 15.5 Å². The zero-order chi connectivity index (χ0) is 12.1. The van der Waals surface area contributed by atoms with E-state index in [9.17, 15) is 4.79 Å². The molecule has 94 valence electrons. The molecule has 1 aromatic heterocycles. The minimum atomic E-state index is -0.0404. The first-order valence-corrected chi connectivity index (χ1v) is 6.54. The summed E-state index contributed by atoms with van der Waals surface area (Å²) in [5, 5.41) is 10.7. The number of carbonyl (C=O) groups is 1. The summed E-state index contributed by atoms with van der Waals surface area (Å²) in [5.41, 5.74) is 0. The molecule has 1 saturated heterocycles. The maximum absolute atomic E-state index is 11.5. The normalized spacial score (nSPS) is 19.5. The van der Waals surface area contributed by atoms with E-state index in [-0.39, 0.29) is 17.8 Å². The maximum Gasteiger partial charge on any atom is 0.277 e. The highest BCUT2D eigenvalue weighted by Crippen LogP contribution is 2.15. The molecule has 1 aliphatic heterocycles. The molecule has 0 bridgehead atoms. The van der Waals surface area contributed by atoms with Crippen LogP contribution in [0.2, 0.25) is 0 Å². The first-order chi connectivity index (χ1) is 8.24. The predicted molar refractivity (Wildman–Crippen MR) is 61.7 cm³/mol. The van der Waals surface area contributed by atoms with Crippen molar-refractivity contribution >= 4 is 17.7 Å². The number of aryl methyl sites for hydroxylation is 1. The molecule has 1 aliphatic rings. The Morgan fingerprint density at radius 2 is 2.47 bits per heavy atom. The lowest BCUT2D eigenvalue weighted by Gasteiger charge is -2.09. The number of hydrogen-bond acceptors (Lipinski definition) is 6. The number of hydrogen-bond donors (Lipinski definition) is 1. The molecule has 1 N–H and O–H groups in total. The number of nitrogens with one attached hydrogen (secondary N) is 1. The quantitative estimate of drug-likeness (QED) is 0.785. The summed E-state index contributed by atoms with van der Waals surface area (Å²) >= 11 is 1.24. The van der Waals surface area contributed by atoms with Crippen LogP contribution in [-0.2, 0) is 9.53 Å². The Kier molecular flexibility index (Phi) is 4.38. The summed E-state index contributed by atoms with van der Waals surface area (Å²) in [6.45, 7) is 3.10. The van der Waals surface area contributed by atoms with Crippen LogP contribution in [0.1, 0.15) is 18.7 Å². The van der Waals surface area contributed by atoms with Gasteiger partial charge in [0.1, 0.15) is 0 Å². The van der Waals surface area contributed by atoms with Gasteiger partial charge in [0, 0.05) is 20.1 Å². The number of rotatable bonds is 5. The third-order valence-electron chi connectivity index (χ3n) is 2.39. The van der Waals surface area contributed by atoms with E-state index in [2.05, 4.69) is 15.5 Å². The van der Waals surface area contributed by atoms with Crippen molar-refractivity contribution in [2.75, 3.05) is 18.9 Å². The molecular formula is C10H15N3O3S. The van der Waals surface area contributed by atoms with Crippen molar-refractivity contribution in [3.63, 3.8) is 0 Å². The molecule has 0 aliphatic carbocycles. The SMILES string of the molecule is Cc1nnc(SCC(=O)NC[C@@H]2CCCO2)o1. The summed E-state index contributed by atoms with van der Waals surface area (Å²) in [6, 6.07) is 0. The molecule has 0 unspecified atom stereocenters. The van der Waals surface area contributed by atoms with Crippen molar-refractivity contribution in [3.05, 3.63) is 5.89 Å². The number of ether oxygens (including phenoxy) is 1. The van der Waals surface area contributed by atoms with Gasteiger partial charge >= 0.3 is 0 Å². The largest absolute Gasteiger partial charge is 0.416 e. The van der Waals surface area contributed by atoms with Gasteiger partial charge in [0.25, 0.3) is 5.22 Å². The van der Waals surface area contributed by atoms with Crippen LogP contribution in [0, 0.1) is 6.92 Å². The molecule has 17 heavy (non-hydrogen) atoms. The molecule has 0 aromatic carbocycles. The van der Waals surface area contributed by atoms with Gasteiger partial charge in [-0.25, -0.2) is 0 Å². The predicted octanol–water partition coefficient (Wildman–Crippen LogP) is 0.765. The molecule has 2 rings (SSSR count). The van der Waals surface area contributed by atoms with Crippen molar-refractivity contribution in [2.24, 2.45) is 0 Å². The second-order valence-corrected chi connectivity index (χ2v) is 4.74. The van der Waals surface area contributed by atoms with Crippen LogP contribution in [0.15, 0.2) is 9.64 Å². The van der Waals surface area contributed by atoms with E-state index in [1.54, 1.807) is 6.92 Å². The number of aromatic nitrogens is 2. The Labute approximate surface area is 103 Å². The van der Waals surface area contributed by atoms with Gasteiger partial charge in [0.15, 0.2) is 0 Å². The average molecular weight is 257 g/mol. The second-order valence-electron chi connectivity index (χ2n) is 3.81. The molecule has 0 saturated carbocycles. The molecule has 1 aromatic rings. The summed E-state index contributed by atoms with van der Waals surface area (Å²) in [7, 11) is 0. The van der Waals surface area contributed by atoms with E-state index >= 15 is 0 Å². The monoisotopic (exact) mass is 257 g/mol. The minimum absolute atomic E-state index is 0.0404. The fraction of sp³-hybridized carbons (Fsp3) is 0.700. The Morgan fingerprint density at radius 3 is 3.12 bits per heavy atom. The van der Waals surface area contributed by atoms with Crippen molar-refractivity contribution < 1.29 is 13.9 Å². The maximum atomic E-state index is 11.5. The van der Waals surface area contributed by atoms with E-state index in [1.165, 1.54) is 11.8 Å². The van der Waals surface area contributed by atoms with E-state index in [0.29, 0.717) is 17.7 Å². The third kappa shape index (κ3) is 4.01. The molecule has 1 atom stereocenters. The van der Waals surface area contributed by atoms with Crippen molar-refractivity contribution in [3.8, 4) is 0 Å². The summed E-state index contributed by atoms with van der Waals surface area (Å²) in [6.07, 6.45) is 2.28. The van der Waals surface area contributed by atoms with Gasteiger partial charge in [0.2, 0.25) is 11.8 Å². The van der Waals surface area contributed by atoms with Crippen LogP contribution in [0.5, 0.6) is 0 Å². The van der Waals surface area contributed by atoms with E-state index in [4.69, 9.17) is 9.15 Å². The Bertz CT molecular complexity index is 377. The van der Waals surface area contributed by atoms with Gasteiger partial charge in [-0.1, -0.05) is 11.8 Å². The van der Waals surface area contributed by atoms with E-state index < -0.39 is 0 Å². The fourth-order valence-corrected chi connectivity index (χ4v) is 2.18.